The molecule has 4 heterocycles. The molecule has 2 aliphatic rings. The van der Waals surface area contributed by atoms with E-state index in [0.29, 0.717) is 44.6 Å². The summed E-state index contributed by atoms with van der Waals surface area (Å²) in [6.07, 6.45) is -1.84. The highest BCUT2D eigenvalue weighted by molar-refractivity contribution is 7.21. The molecule has 2 aromatic heterocycles. The predicted octanol–water partition coefficient (Wildman–Crippen LogP) is 4.48. The summed E-state index contributed by atoms with van der Waals surface area (Å²) in [6.45, 7) is 8.07. The monoisotopic (exact) mass is 524 g/mol. The zero-order valence-electron chi connectivity index (χ0n) is 20.4. The van der Waals surface area contributed by atoms with Crippen LogP contribution in [0.1, 0.15) is 38.7 Å². The lowest BCUT2D eigenvalue weighted by Gasteiger charge is -2.26. The van der Waals surface area contributed by atoms with Gasteiger partial charge in [0.25, 0.3) is 5.56 Å². The van der Waals surface area contributed by atoms with E-state index in [1.807, 2.05) is 18.7 Å². The molecule has 12 heteroatoms. The van der Waals surface area contributed by atoms with E-state index in [1.165, 1.54) is 12.1 Å². The Hall–Kier alpha value is -2.70. The Bertz CT molecular complexity index is 1210. The first-order valence-electron chi connectivity index (χ1n) is 12.3. The fourth-order valence-corrected chi connectivity index (χ4v) is 5.46. The zero-order valence-corrected chi connectivity index (χ0v) is 21.2. The molecule has 2 aliphatic heterocycles. The number of benzene rings is 1. The average molecular weight is 525 g/mol. The van der Waals surface area contributed by atoms with Crippen LogP contribution in [0.25, 0.3) is 20.8 Å². The summed E-state index contributed by atoms with van der Waals surface area (Å²) < 4.78 is 46.2. The third-order valence-corrected chi connectivity index (χ3v) is 7.12. The average Bonchev–Trinajstić information content (AvgIpc) is 3.10. The van der Waals surface area contributed by atoms with Crippen LogP contribution >= 0.6 is 11.3 Å². The third-order valence-electron chi connectivity index (χ3n) is 6.00. The maximum atomic E-state index is 13.6. The molecule has 0 aliphatic carbocycles. The van der Waals surface area contributed by atoms with E-state index in [1.54, 1.807) is 0 Å². The first-order valence-corrected chi connectivity index (χ1v) is 13.1. The lowest BCUT2D eigenvalue weighted by atomic mass is 10.1. The lowest BCUT2D eigenvalue weighted by molar-refractivity contribution is -0.136. The number of fused-ring (bicyclic) bond motifs is 1. The SMILES string of the molecule is CC.O=c1[nH]c(N2CCCOCC2)nc(NC2CCCNC2)c1-c1nc2cccc(C(F)(F)F)c2s1. The normalized spacial score (nSPS) is 18.9. The second-order valence-corrected chi connectivity index (χ2v) is 9.42. The van der Waals surface area contributed by atoms with Gasteiger partial charge in [-0.2, -0.15) is 18.2 Å². The number of aromatic amines is 1. The minimum absolute atomic E-state index is 0.00317. The number of nitrogens with one attached hydrogen (secondary N) is 3. The van der Waals surface area contributed by atoms with Gasteiger partial charge >= 0.3 is 6.18 Å². The topological polar surface area (TPSA) is 95.2 Å². The van der Waals surface area contributed by atoms with Crippen molar-refractivity contribution in [2.75, 3.05) is 49.6 Å². The van der Waals surface area contributed by atoms with Crippen LogP contribution in [0.15, 0.2) is 23.0 Å². The van der Waals surface area contributed by atoms with Crippen molar-refractivity contribution in [1.82, 2.24) is 20.3 Å². The van der Waals surface area contributed by atoms with E-state index in [0.717, 1.165) is 43.2 Å². The second-order valence-electron chi connectivity index (χ2n) is 8.42. The molecule has 0 spiro atoms. The fourth-order valence-electron chi connectivity index (χ4n) is 4.32. The van der Waals surface area contributed by atoms with Crippen LogP contribution in [0.5, 0.6) is 0 Å². The molecule has 196 valence electrons. The number of aromatic nitrogens is 3. The Morgan fingerprint density at radius 2 is 2.00 bits per heavy atom. The van der Waals surface area contributed by atoms with Gasteiger partial charge in [0, 0.05) is 32.3 Å². The molecule has 0 saturated carbocycles. The van der Waals surface area contributed by atoms with Crippen LogP contribution in [0.3, 0.4) is 0 Å². The molecular weight excluding hydrogens is 493 g/mol. The first-order chi connectivity index (χ1) is 17.4. The lowest BCUT2D eigenvalue weighted by Crippen LogP contribution is -2.39. The van der Waals surface area contributed by atoms with Crippen molar-refractivity contribution < 1.29 is 17.9 Å². The molecule has 36 heavy (non-hydrogen) atoms. The predicted molar refractivity (Wildman–Crippen MR) is 137 cm³/mol. The maximum Gasteiger partial charge on any atom is 0.417 e. The largest absolute Gasteiger partial charge is 0.417 e. The molecule has 0 radical (unpaired) electrons. The van der Waals surface area contributed by atoms with E-state index < -0.39 is 17.3 Å². The molecule has 1 unspecified atom stereocenters. The van der Waals surface area contributed by atoms with Gasteiger partial charge in [-0.3, -0.25) is 9.78 Å². The Kier molecular flexibility index (Phi) is 8.47. The summed E-state index contributed by atoms with van der Waals surface area (Å²) >= 11 is 0.859. The quantitative estimate of drug-likeness (QED) is 0.463. The van der Waals surface area contributed by atoms with Crippen molar-refractivity contribution in [3.63, 3.8) is 0 Å². The van der Waals surface area contributed by atoms with Gasteiger partial charge in [0.05, 0.1) is 22.4 Å². The summed E-state index contributed by atoms with van der Waals surface area (Å²) in [5.74, 6) is 0.757. The molecule has 2 fully saturated rings. The van der Waals surface area contributed by atoms with Gasteiger partial charge in [-0.05, 0) is 37.9 Å². The third kappa shape index (κ3) is 5.81. The van der Waals surface area contributed by atoms with Gasteiger partial charge in [-0.1, -0.05) is 19.9 Å². The first kappa shape index (κ1) is 26.4. The summed E-state index contributed by atoms with van der Waals surface area (Å²) in [6, 6.07) is 3.93. The number of halogens is 3. The van der Waals surface area contributed by atoms with Crippen molar-refractivity contribution in [3.8, 4) is 10.6 Å². The van der Waals surface area contributed by atoms with Crippen LogP contribution in [0.2, 0.25) is 0 Å². The molecule has 0 amide bonds. The number of hydrogen-bond acceptors (Lipinski definition) is 8. The number of alkyl halides is 3. The Morgan fingerprint density at radius 1 is 1.17 bits per heavy atom. The van der Waals surface area contributed by atoms with Gasteiger partial charge in [-0.15, -0.1) is 11.3 Å². The zero-order chi connectivity index (χ0) is 25.7. The van der Waals surface area contributed by atoms with E-state index in [-0.39, 0.29) is 26.8 Å². The maximum absolute atomic E-state index is 13.6. The Balaban J connectivity index is 0.00000148. The van der Waals surface area contributed by atoms with Gasteiger partial charge in [0.2, 0.25) is 5.95 Å². The molecular formula is C24H31F3N6O2S. The van der Waals surface area contributed by atoms with E-state index in [9.17, 15) is 18.0 Å². The van der Waals surface area contributed by atoms with Crippen molar-refractivity contribution in [3.05, 3.63) is 34.1 Å². The summed E-state index contributed by atoms with van der Waals surface area (Å²) in [5, 5.41) is 6.89. The number of ether oxygens (including phenoxy) is 1. The van der Waals surface area contributed by atoms with Crippen molar-refractivity contribution in [2.45, 2.75) is 45.3 Å². The molecule has 1 aromatic carbocycles. The van der Waals surface area contributed by atoms with Gasteiger partial charge < -0.3 is 20.3 Å². The Labute approximate surface area is 211 Å². The van der Waals surface area contributed by atoms with Gasteiger partial charge in [-0.25, -0.2) is 4.98 Å². The summed E-state index contributed by atoms with van der Waals surface area (Å²) in [5.41, 5.74) is -0.831. The van der Waals surface area contributed by atoms with E-state index >= 15 is 0 Å². The second kappa shape index (κ2) is 11.6. The molecule has 2 saturated heterocycles. The van der Waals surface area contributed by atoms with Gasteiger partial charge in [0.15, 0.2) is 0 Å². The summed E-state index contributed by atoms with van der Waals surface area (Å²) in [7, 11) is 0. The standard InChI is InChI=1S/C22H25F3N6O2S.C2H6/c23-22(24,25)14-5-1-6-15-17(14)34-20(28-15)16-18(27-13-4-2-7-26-12-13)29-21(30-19(16)32)31-8-3-10-33-11-9-31;1-2/h1,5-6,13,26H,2-4,7-12H2,(H2,27,29,30,32);1-2H3. The number of thiazole rings is 1. The van der Waals surface area contributed by atoms with E-state index in [4.69, 9.17) is 9.72 Å². The number of rotatable bonds is 4. The molecule has 8 nitrogen and oxygen atoms in total. The highest BCUT2D eigenvalue weighted by Crippen LogP contribution is 2.40. The highest BCUT2D eigenvalue weighted by Gasteiger charge is 2.34. The number of H-pyrrole nitrogens is 1. The van der Waals surface area contributed by atoms with Crippen molar-refractivity contribution in [2.24, 2.45) is 0 Å². The number of hydrogen-bond donors (Lipinski definition) is 3. The number of nitrogens with zero attached hydrogens (tertiary/aromatic N) is 3. The molecule has 0 bridgehead atoms. The number of piperidine rings is 1. The molecule has 5 rings (SSSR count). The highest BCUT2D eigenvalue weighted by atomic mass is 32.1. The van der Waals surface area contributed by atoms with Gasteiger partial charge in [0.1, 0.15) is 16.4 Å². The molecule has 1 atom stereocenters. The van der Waals surface area contributed by atoms with Crippen molar-refractivity contribution >= 4 is 33.3 Å². The van der Waals surface area contributed by atoms with Crippen LogP contribution < -0.4 is 21.1 Å². The van der Waals surface area contributed by atoms with Crippen LogP contribution in [0.4, 0.5) is 24.9 Å². The molecule has 3 N–H and O–H groups in total. The number of anilines is 2. The minimum atomic E-state index is -4.51. The Morgan fingerprint density at radius 3 is 2.75 bits per heavy atom. The van der Waals surface area contributed by atoms with Crippen molar-refractivity contribution in [1.29, 1.82) is 0 Å². The van der Waals surface area contributed by atoms with Crippen LogP contribution in [-0.4, -0.2) is 60.4 Å². The van der Waals surface area contributed by atoms with Crippen LogP contribution in [0, 0.1) is 0 Å². The fraction of sp³-hybridized carbons (Fsp3) is 0.542. The smallest absolute Gasteiger partial charge is 0.380 e. The summed E-state index contributed by atoms with van der Waals surface area (Å²) in [4.78, 5) is 27.2. The minimum Gasteiger partial charge on any atom is -0.380 e. The molecule has 3 aromatic rings. The van der Waals surface area contributed by atoms with E-state index in [2.05, 4.69) is 20.6 Å². The van der Waals surface area contributed by atoms with Crippen LogP contribution in [-0.2, 0) is 10.9 Å².